The van der Waals surface area contributed by atoms with Gasteiger partial charge in [0.1, 0.15) is 17.2 Å². The second-order valence-corrected chi connectivity index (χ2v) is 9.35. The molecule has 1 heterocycles. The first-order valence-electron chi connectivity index (χ1n) is 11.0. The maximum atomic E-state index is 12.5. The Morgan fingerprint density at radius 2 is 1.74 bits per heavy atom. The highest BCUT2D eigenvalue weighted by atomic mass is 32.1. The Kier molecular flexibility index (Phi) is 5.79. The van der Waals surface area contributed by atoms with Crippen molar-refractivity contribution >= 4 is 34.5 Å². The zero-order chi connectivity index (χ0) is 23.8. The van der Waals surface area contributed by atoms with Crippen LogP contribution in [0.5, 0.6) is 0 Å². The Bertz CT molecular complexity index is 1240. The summed E-state index contributed by atoms with van der Waals surface area (Å²) in [7, 11) is 0. The van der Waals surface area contributed by atoms with Crippen molar-refractivity contribution in [2.45, 2.75) is 19.3 Å². The van der Waals surface area contributed by atoms with Crippen molar-refractivity contribution in [2.75, 3.05) is 18.5 Å². The first-order chi connectivity index (χ1) is 16.4. The van der Waals surface area contributed by atoms with Crippen LogP contribution in [0, 0.1) is 18.8 Å². The van der Waals surface area contributed by atoms with Gasteiger partial charge in [0.25, 0.3) is 0 Å². The van der Waals surface area contributed by atoms with E-state index in [0.29, 0.717) is 18.7 Å². The number of nitrogens with zero attached hydrogens (tertiary/aromatic N) is 1. The van der Waals surface area contributed by atoms with E-state index in [1.54, 1.807) is 6.92 Å². The summed E-state index contributed by atoms with van der Waals surface area (Å²) in [5.74, 6) is -1.68. The monoisotopic (exact) mass is 477 g/mol. The molecule has 9 heteroatoms. The number of carbonyl (C=O) groups is 3. The Morgan fingerprint density at radius 3 is 2.38 bits per heavy atom. The van der Waals surface area contributed by atoms with Crippen molar-refractivity contribution in [3.8, 4) is 11.1 Å². The number of aromatic nitrogens is 1. The summed E-state index contributed by atoms with van der Waals surface area (Å²) < 4.78 is 9.53. The standard InChI is InChI=1S/C25H23N3O5S/c1-13-21(24(30)31)23(34-28-13)27-22(29)19-10-14(19)11-26-25(32)33-12-20-17-8-4-2-6-15(17)16-7-3-5-9-18(16)20/h2-9,14,19-20H,10-12H2,1H3,(H,26,32)(H,27,29)(H,30,31)/t14-,19-/m0/s1. The largest absolute Gasteiger partial charge is 0.478 e. The number of hydrogen-bond donors (Lipinski definition) is 3. The molecule has 1 saturated carbocycles. The summed E-state index contributed by atoms with van der Waals surface area (Å²) in [5, 5.41) is 15.0. The molecule has 0 bridgehead atoms. The number of hydrogen-bond acceptors (Lipinski definition) is 6. The Labute approximate surface area is 200 Å². The molecule has 2 amide bonds. The maximum Gasteiger partial charge on any atom is 0.407 e. The third-order valence-electron chi connectivity index (χ3n) is 6.42. The van der Waals surface area contributed by atoms with Crippen LogP contribution in [0.25, 0.3) is 11.1 Å². The lowest BCUT2D eigenvalue weighted by Gasteiger charge is -2.14. The zero-order valence-electron chi connectivity index (χ0n) is 18.4. The molecule has 1 fully saturated rings. The van der Waals surface area contributed by atoms with Crippen LogP contribution in [-0.2, 0) is 9.53 Å². The van der Waals surface area contributed by atoms with E-state index in [0.717, 1.165) is 22.7 Å². The minimum Gasteiger partial charge on any atom is -0.478 e. The van der Waals surface area contributed by atoms with Gasteiger partial charge in [-0.2, -0.15) is 4.37 Å². The number of amides is 2. The molecular weight excluding hydrogens is 454 g/mol. The van der Waals surface area contributed by atoms with Crippen molar-refractivity contribution in [3.63, 3.8) is 0 Å². The van der Waals surface area contributed by atoms with E-state index in [2.05, 4.69) is 39.3 Å². The lowest BCUT2D eigenvalue weighted by molar-refractivity contribution is -0.117. The fourth-order valence-electron chi connectivity index (χ4n) is 4.57. The molecule has 5 rings (SSSR count). The van der Waals surface area contributed by atoms with Gasteiger partial charge >= 0.3 is 12.1 Å². The fraction of sp³-hybridized carbons (Fsp3) is 0.280. The second kappa shape index (κ2) is 8.90. The smallest absolute Gasteiger partial charge is 0.407 e. The van der Waals surface area contributed by atoms with Crippen LogP contribution >= 0.6 is 11.5 Å². The molecule has 0 saturated heterocycles. The SMILES string of the molecule is Cc1nsc(NC(=O)[C@H]2C[C@H]2CNC(=O)OCC2c3ccccc3-c3ccccc32)c1C(=O)O. The average Bonchev–Trinajstić information content (AvgIpc) is 3.42. The highest BCUT2D eigenvalue weighted by Crippen LogP contribution is 2.44. The van der Waals surface area contributed by atoms with Crippen molar-refractivity contribution in [3.05, 3.63) is 70.9 Å². The highest BCUT2D eigenvalue weighted by Gasteiger charge is 2.43. The minimum atomic E-state index is -1.12. The van der Waals surface area contributed by atoms with Crippen LogP contribution in [0.3, 0.4) is 0 Å². The van der Waals surface area contributed by atoms with Crippen LogP contribution in [0.2, 0.25) is 0 Å². The van der Waals surface area contributed by atoms with Gasteiger partial charge in [0, 0.05) is 18.4 Å². The van der Waals surface area contributed by atoms with E-state index >= 15 is 0 Å². The Balaban J connectivity index is 1.12. The number of aromatic carboxylic acids is 1. The lowest BCUT2D eigenvalue weighted by Crippen LogP contribution is -2.29. The number of fused-ring (bicyclic) bond motifs is 3. The van der Waals surface area contributed by atoms with Crippen LogP contribution < -0.4 is 10.6 Å². The predicted molar refractivity (Wildman–Crippen MR) is 127 cm³/mol. The summed E-state index contributed by atoms with van der Waals surface area (Å²) in [6.07, 6.45) is 0.106. The molecule has 0 aliphatic heterocycles. The number of anilines is 1. The minimum absolute atomic E-state index is 0.0103. The Morgan fingerprint density at radius 1 is 1.09 bits per heavy atom. The van der Waals surface area contributed by atoms with Gasteiger partial charge in [0.05, 0.1) is 5.69 Å². The van der Waals surface area contributed by atoms with Crippen molar-refractivity contribution in [1.29, 1.82) is 0 Å². The summed E-state index contributed by atoms with van der Waals surface area (Å²) in [6.45, 7) is 2.15. The molecule has 2 aromatic carbocycles. The molecule has 2 aliphatic carbocycles. The number of carboxylic acids is 1. The van der Waals surface area contributed by atoms with E-state index in [9.17, 15) is 19.5 Å². The Hall–Kier alpha value is -3.72. The van der Waals surface area contributed by atoms with Gasteiger partial charge in [-0.3, -0.25) is 4.79 Å². The van der Waals surface area contributed by atoms with E-state index in [1.165, 1.54) is 11.1 Å². The maximum absolute atomic E-state index is 12.5. The number of alkyl carbamates (subject to hydrolysis) is 1. The molecular formula is C25H23N3O5S. The van der Waals surface area contributed by atoms with E-state index in [-0.39, 0.29) is 40.8 Å². The molecule has 3 aromatic rings. The molecule has 1 aromatic heterocycles. The van der Waals surface area contributed by atoms with Gasteiger partial charge in [0.15, 0.2) is 0 Å². The van der Waals surface area contributed by atoms with Crippen LogP contribution in [0.1, 0.15) is 39.5 Å². The highest BCUT2D eigenvalue weighted by molar-refractivity contribution is 7.11. The summed E-state index contributed by atoms with van der Waals surface area (Å²) >= 11 is 0.954. The van der Waals surface area contributed by atoms with E-state index in [4.69, 9.17) is 4.74 Å². The molecule has 2 atom stereocenters. The number of carbonyl (C=O) groups excluding carboxylic acids is 2. The first kappa shape index (κ1) is 22.1. The number of aryl methyl sites for hydroxylation is 1. The molecule has 174 valence electrons. The van der Waals surface area contributed by atoms with Gasteiger partial charge in [-0.05, 0) is 53.0 Å². The number of rotatable bonds is 7. The third-order valence-corrected chi connectivity index (χ3v) is 7.28. The van der Waals surface area contributed by atoms with Crippen molar-refractivity contribution in [1.82, 2.24) is 9.69 Å². The van der Waals surface area contributed by atoms with Crippen LogP contribution in [0.4, 0.5) is 9.80 Å². The molecule has 0 spiro atoms. The lowest BCUT2D eigenvalue weighted by atomic mass is 9.98. The molecule has 0 unspecified atom stereocenters. The fourth-order valence-corrected chi connectivity index (χ4v) is 5.36. The van der Waals surface area contributed by atoms with Gasteiger partial charge in [-0.25, -0.2) is 9.59 Å². The van der Waals surface area contributed by atoms with Crippen LogP contribution in [0.15, 0.2) is 48.5 Å². The zero-order valence-corrected chi connectivity index (χ0v) is 19.2. The summed E-state index contributed by atoms with van der Waals surface area (Å²) in [4.78, 5) is 36.2. The van der Waals surface area contributed by atoms with Gasteiger partial charge < -0.3 is 20.5 Å². The van der Waals surface area contributed by atoms with Gasteiger partial charge in [-0.15, -0.1) is 0 Å². The van der Waals surface area contributed by atoms with E-state index < -0.39 is 12.1 Å². The number of benzene rings is 2. The van der Waals surface area contributed by atoms with Gasteiger partial charge in [0.2, 0.25) is 5.91 Å². The third kappa shape index (κ3) is 4.14. The van der Waals surface area contributed by atoms with E-state index in [1.807, 2.05) is 24.3 Å². The summed E-state index contributed by atoms with van der Waals surface area (Å²) in [6, 6.07) is 16.3. The van der Waals surface area contributed by atoms with Gasteiger partial charge in [-0.1, -0.05) is 48.5 Å². The second-order valence-electron chi connectivity index (χ2n) is 8.58. The molecule has 8 nitrogen and oxygen atoms in total. The topological polar surface area (TPSA) is 118 Å². The summed E-state index contributed by atoms with van der Waals surface area (Å²) in [5.41, 5.74) is 5.02. The quantitative estimate of drug-likeness (QED) is 0.468. The molecule has 34 heavy (non-hydrogen) atoms. The molecule has 0 radical (unpaired) electrons. The first-order valence-corrected chi connectivity index (χ1v) is 11.8. The number of ether oxygens (including phenoxy) is 1. The molecule has 3 N–H and O–H groups in total. The normalized spacial score (nSPS) is 18.0. The average molecular weight is 478 g/mol. The number of carboxylic acid groups (broad SMARTS) is 1. The van der Waals surface area contributed by atoms with Crippen LogP contribution in [-0.4, -0.2) is 40.6 Å². The van der Waals surface area contributed by atoms with Crippen molar-refractivity contribution in [2.24, 2.45) is 11.8 Å². The van der Waals surface area contributed by atoms with Crippen molar-refractivity contribution < 1.29 is 24.2 Å². The predicted octanol–water partition coefficient (Wildman–Crippen LogP) is 4.26. The number of nitrogens with one attached hydrogen (secondary N) is 2. The molecule has 2 aliphatic rings.